The van der Waals surface area contributed by atoms with Gasteiger partial charge >= 0.3 is 0 Å². The number of aromatic nitrogens is 1. The maximum absolute atomic E-state index is 6.11. The molecule has 0 unspecified atom stereocenters. The van der Waals surface area contributed by atoms with Gasteiger partial charge in [-0.25, -0.2) is 4.98 Å². The van der Waals surface area contributed by atoms with Crippen LogP contribution >= 0.6 is 22.9 Å². The third kappa shape index (κ3) is 2.06. The van der Waals surface area contributed by atoms with Crippen LogP contribution in [0, 0.1) is 0 Å². The SMILES string of the molecule is COc1ccc(-c2cnc(N)s2)c(Cl)c1. The van der Waals surface area contributed by atoms with Crippen LogP contribution in [0.3, 0.4) is 0 Å². The van der Waals surface area contributed by atoms with Crippen LogP contribution in [0.25, 0.3) is 10.4 Å². The Morgan fingerprint density at radius 2 is 2.27 bits per heavy atom. The minimum absolute atomic E-state index is 0.539. The fourth-order valence-corrected chi connectivity index (χ4v) is 2.29. The molecule has 2 N–H and O–H groups in total. The van der Waals surface area contributed by atoms with Gasteiger partial charge in [-0.3, -0.25) is 0 Å². The van der Waals surface area contributed by atoms with E-state index in [0.29, 0.717) is 10.2 Å². The molecule has 0 atom stereocenters. The lowest BCUT2D eigenvalue weighted by Gasteiger charge is -2.03. The third-order valence-corrected chi connectivity index (χ3v) is 3.14. The summed E-state index contributed by atoms with van der Waals surface area (Å²) >= 11 is 7.52. The Hall–Kier alpha value is -1.26. The number of benzene rings is 1. The smallest absolute Gasteiger partial charge is 0.180 e. The van der Waals surface area contributed by atoms with Crippen molar-refractivity contribution in [3.8, 4) is 16.2 Å². The molecule has 2 rings (SSSR count). The van der Waals surface area contributed by atoms with Crippen LogP contribution in [0.2, 0.25) is 5.02 Å². The third-order valence-electron chi connectivity index (χ3n) is 1.97. The number of ether oxygens (including phenoxy) is 1. The number of hydrogen-bond donors (Lipinski definition) is 1. The minimum Gasteiger partial charge on any atom is -0.497 e. The molecular weight excluding hydrogens is 232 g/mol. The van der Waals surface area contributed by atoms with Crippen molar-refractivity contribution in [2.75, 3.05) is 12.8 Å². The predicted molar refractivity (Wildman–Crippen MR) is 63.5 cm³/mol. The summed E-state index contributed by atoms with van der Waals surface area (Å²) in [5.74, 6) is 0.737. The van der Waals surface area contributed by atoms with Gasteiger partial charge < -0.3 is 10.5 Å². The highest BCUT2D eigenvalue weighted by Crippen LogP contribution is 2.34. The van der Waals surface area contributed by atoms with Crippen LogP contribution in [0.15, 0.2) is 24.4 Å². The summed E-state index contributed by atoms with van der Waals surface area (Å²) in [6, 6.07) is 5.53. The molecule has 0 saturated heterocycles. The molecule has 2 aromatic rings. The molecule has 3 nitrogen and oxygen atoms in total. The van der Waals surface area contributed by atoms with Crippen molar-refractivity contribution in [1.82, 2.24) is 4.98 Å². The number of methoxy groups -OCH3 is 1. The average Bonchev–Trinajstić information content (AvgIpc) is 2.64. The van der Waals surface area contributed by atoms with Crippen molar-refractivity contribution in [1.29, 1.82) is 0 Å². The Labute approximate surface area is 96.5 Å². The first-order chi connectivity index (χ1) is 7.20. The van der Waals surface area contributed by atoms with Gasteiger partial charge in [-0.15, -0.1) is 0 Å². The van der Waals surface area contributed by atoms with Gasteiger partial charge in [0, 0.05) is 11.8 Å². The molecule has 0 saturated carbocycles. The molecule has 0 radical (unpaired) electrons. The molecule has 0 spiro atoms. The second-order valence-electron chi connectivity index (χ2n) is 2.91. The van der Waals surface area contributed by atoms with E-state index in [2.05, 4.69) is 4.98 Å². The monoisotopic (exact) mass is 240 g/mol. The van der Waals surface area contributed by atoms with Gasteiger partial charge in [0.15, 0.2) is 5.13 Å². The van der Waals surface area contributed by atoms with Gasteiger partial charge in [0.2, 0.25) is 0 Å². The first kappa shape index (κ1) is 10.3. The summed E-state index contributed by atoms with van der Waals surface area (Å²) in [5, 5.41) is 1.18. The highest BCUT2D eigenvalue weighted by molar-refractivity contribution is 7.18. The number of nitrogens with two attached hydrogens (primary N) is 1. The largest absolute Gasteiger partial charge is 0.497 e. The predicted octanol–water partition coefficient (Wildman–Crippen LogP) is 3.05. The lowest BCUT2D eigenvalue weighted by molar-refractivity contribution is 0.415. The molecule has 0 bridgehead atoms. The van der Waals surface area contributed by atoms with E-state index in [1.165, 1.54) is 11.3 Å². The van der Waals surface area contributed by atoms with Crippen LogP contribution in [0.4, 0.5) is 5.13 Å². The number of halogens is 1. The molecule has 0 aliphatic heterocycles. The number of hydrogen-bond acceptors (Lipinski definition) is 4. The number of rotatable bonds is 2. The highest BCUT2D eigenvalue weighted by Gasteiger charge is 2.07. The van der Waals surface area contributed by atoms with Crippen molar-refractivity contribution in [2.45, 2.75) is 0 Å². The van der Waals surface area contributed by atoms with Gasteiger partial charge in [0.25, 0.3) is 0 Å². The van der Waals surface area contributed by atoms with Crippen molar-refractivity contribution >= 4 is 28.1 Å². The molecule has 1 aromatic carbocycles. The van der Waals surface area contributed by atoms with E-state index >= 15 is 0 Å². The summed E-state index contributed by atoms with van der Waals surface area (Å²) in [6.07, 6.45) is 1.72. The summed E-state index contributed by atoms with van der Waals surface area (Å²) in [5.41, 5.74) is 6.48. The molecule has 0 aliphatic rings. The Morgan fingerprint density at radius 1 is 1.47 bits per heavy atom. The van der Waals surface area contributed by atoms with E-state index in [0.717, 1.165) is 16.2 Å². The summed E-state index contributed by atoms with van der Waals surface area (Å²) in [7, 11) is 1.61. The fraction of sp³-hybridized carbons (Fsp3) is 0.100. The van der Waals surface area contributed by atoms with Gasteiger partial charge in [0.05, 0.1) is 17.0 Å². The second kappa shape index (κ2) is 4.08. The fourth-order valence-electron chi connectivity index (χ4n) is 1.23. The van der Waals surface area contributed by atoms with Crippen molar-refractivity contribution in [3.05, 3.63) is 29.4 Å². The Morgan fingerprint density at radius 3 is 2.80 bits per heavy atom. The van der Waals surface area contributed by atoms with Crippen molar-refractivity contribution in [2.24, 2.45) is 0 Å². The maximum atomic E-state index is 6.11. The molecular formula is C10H9ClN2OS. The van der Waals surface area contributed by atoms with E-state index in [1.54, 1.807) is 19.4 Å². The highest BCUT2D eigenvalue weighted by atomic mass is 35.5. The molecule has 1 aromatic heterocycles. The van der Waals surface area contributed by atoms with Crippen LogP contribution in [-0.4, -0.2) is 12.1 Å². The quantitative estimate of drug-likeness (QED) is 0.878. The zero-order valence-electron chi connectivity index (χ0n) is 8.03. The summed E-state index contributed by atoms with van der Waals surface area (Å²) < 4.78 is 5.07. The summed E-state index contributed by atoms with van der Waals surface area (Å²) in [4.78, 5) is 4.94. The lowest BCUT2D eigenvalue weighted by atomic mass is 10.2. The second-order valence-corrected chi connectivity index (χ2v) is 4.38. The minimum atomic E-state index is 0.539. The summed E-state index contributed by atoms with van der Waals surface area (Å²) in [6.45, 7) is 0. The average molecular weight is 241 g/mol. The molecule has 0 amide bonds. The normalized spacial score (nSPS) is 10.3. The van der Waals surface area contributed by atoms with Crippen molar-refractivity contribution < 1.29 is 4.74 Å². The molecule has 0 aliphatic carbocycles. The maximum Gasteiger partial charge on any atom is 0.180 e. The van der Waals surface area contributed by atoms with E-state index in [9.17, 15) is 0 Å². The van der Waals surface area contributed by atoms with Crippen LogP contribution < -0.4 is 10.5 Å². The van der Waals surface area contributed by atoms with Gasteiger partial charge in [-0.1, -0.05) is 22.9 Å². The number of thiazole rings is 1. The Kier molecular flexibility index (Phi) is 2.79. The van der Waals surface area contributed by atoms with E-state index in [4.69, 9.17) is 22.1 Å². The molecule has 0 fully saturated rings. The van der Waals surface area contributed by atoms with Crippen LogP contribution in [0.5, 0.6) is 5.75 Å². The van der Waals surface area contributed by atoms with Crippen LogP contribution in [-0.2, 0) is 0 Å². The zero-order valence-corrected chi connectivity index (χ0v) is 9.60. The standard InChI is InChI=1S/C10H9ClN2OS/c1-14-6-2-3-7(8(11)4-6)9-5-13-10(12)15-9/h2-5H,1H3,(H2,12,13). The molecule has 78 valence electrons. The first-order valence-electron chi connectivity index (χ1n) is 4.26. The van der Waals surface area contributed by atoms with Crippen molar-refractivity contribution in [3.63, 3.8) is 0 Å². The van der Waals surface area contributed by atoms with Gasteiger partial charge in [0.1, 0.15) is 5.75 Å². The first-order valence-corrected chi connectivity index (χ1v) is 5.45. The number of nitrogen functional groups attached to an aromatic ring is 1. The van der Waals surface area contributed by atoms with E-state index in [-0.39, 0.29) is 0 Å². The molecule has 5 heteroatoms. The van der Waals surface area contributed by atoms with Gasteiger partial charge in [-0.05, 0) is 18.2 Å². The number of anilines is 1. The van der Waals surface area contributed by atoms with E-state index in [1.807, 2.05) is 12.1 Å². The molecule has 15 heavy (non-hydrogen) atoms. The zero-order chi connectivity index (χ0) is 10.8. The topological polar surface area (TPSA) is 48.1 Å². The Bertz CT molecular complexity index is 484. The lowest BCUT2D eigenvalue weighted by Crippen LogP contribution is -1.83. The van der Waals surface area contributed by atoms with E-state index < -0.39 is 0 Å². The Balaban J connectivity index is 2.45. The van der Waals surface area contributed by atoms with Crippen LogP contribution in [0.1, 0.15) is 0 Å². The van der Waals surface area contributed by atoms with Gasteiger partial charge in [-0.2, -0.15) is 0 Å². The molecule has 1 heterocycles. The number of nitrogens with zero attached hydrogens (tertiary/aromatic N) is 1.